The number of benzene rings is 1. The summed E-state index contributed by atoms with van der Waals surface area (Å²) >= 11 is 0. The molecule has 0 bridgehead atoms. The number of nitrogens with zero attached hydrogens (tertiary/aromatic N) is 1. The smallest absolute Gasteiger partial charge is 0.254 e. The minimum atomic E-state index is -0.00356. The van der Waals surface area contributed by atoms with E-state index >= 15 is 0 Å². The minimum absolute atomic E-state index is 0.00356. The Hall–Kier alpha value is -1.88. The first kappa shape index (κ1) is 17.9. The van der Waals surface area contributed by atoms with Gasteiger partial charge < -0.3 is 15.5 Å². The maximum absolute atomic E-state index is 12.8. The maximum atomic E-state index is 12.8. The number of likely N-dealkylation sites (tertiary alicyclic amines) is 1. The number of piperidine rings is 1. The predicted molar refractivity (Wildman–Crippen MR) is 99.7 cm³/mol. The second-order valence-electron chi connectivity index (χ2n) is 7.57. The normalized spacial score (nSPS) is 22.2. The Morgan fingerprint density at radius 1 is 1.28 bits per heavy atom. The lowest BCUT2D eigenvalue weighted by Gasteiger charge is -2.33. The molecule has 2 atom stereocenters. The van der Waals surface area contributed by atoms with Gasteiger partial charge in [0.05, 0.1) is 0 Å². The Kier molecular flexibility index (Phi) is 5.42. The third-order valence-corrected chi connectivity index (χ3v) is 5.73. The molecule has 5 heteroatoms. The molecule has 2 fully saturated rings. The predicted octanol–water partition coefficient (Wildman–Crippen LogP) is 2.80. The lowest BCUT2D eigenvalue weighted by atomic mass is 9.88. The third-order valence-electron chi connectivity index (χ3n) is 5.73. The standard InChI is InChI=1S/C20H29N3O2/c1-13-10-16(20(25)23-9-5-4-6-14(23)2)7-8-18(13)22-19(24)15(3)17-11-21-12-17/h7-8,10,14-15,17,21H,4-6,9,11-12H2,1-3H3,(H,22,24). The summed E-state index contributed by atoms with van der Waals surface area (Å²) in [6.07, 6.45) is 3.35. The van der Waals surface area contributed by atoms with Gasteiger partial charge in [-0.05, 0) is 75.9 Å². The zero-order valence-corrected chi connectivity index (χ0v) is 15.5. The van der Waals surface area contributed by atoms with Gasteiger partial charge in [0.25, 0.3) is 5.91 Å². The maximum Gasteiger partial charge on any atom is 0.254 e. The Bertz CT molecular complexity index is 654. The van der Waals surface area contributed by atoms with Gasteiger partial charge in [-0.2, -0.15) is 0 Å². The van der Waals surface area contributed by atoms with E-state index in [0.717, 1.165) is 43.7 Å². The average Bonchev–Trinajstić information content (AvgIpc) is 2.54. The number of hydrogen-bond donors (Lipinski definition) is 2. The first-order chi connectivity index (χ1) is 12.0. The Balaban J connectivity index is 1.67. The average molecular weight is 343 g/mol. The van der Waals surface area contributed by atoms with Crippen molar-refractivity contribution in [2.24, 2.45) is 11.8 Å². The van der Waals surface area contributed by atoms with E-state index in [2.05, 4.69) is 17.6 Å². The van der Waals surface area contributed by atoms with Gasteiger partial charge >= 0.3 is 0 Å². The molecule has 2 saturated heterocycles. The lowest BCUT2D eigenvalue weighted by molar-refractivity contribution is -0.121. The van der Waals surface area contributed by atoms with Gasteiger partial charge in [-0.15, -0.1) is 0 Å². The topological polar surface area (TPSA) is 61.4 Å². The molecular formula is C20H29N3O2. The summed E-state index contributed by atoms with van der Waals surface area (Å²) in [6, 6.07) is 5.90. The van der Waals surface area contributed by atoms with Crippen molar-refractivity contribution in [1.82, 2.24) is 10.2 Å². The van der Waals surface area contributed by atoms with Gasteiger partial charge in [-0.25, -0.2) is 0 Å². The molecule has 2 N–H and O–H groups in total. The van der Waals surface area contributed by atoms with Crippen molar-refractivity contribution in [3.05, 3.63) is 29.3 Å². The van der Waals surface area contributed by atoms with Crippen LogP contribution >= 0.6 is 0 Å². The fourth-order valence-corrected chi connectivity index (χ4v) is 3.63. The fraction of sp³-hybridized carbons (Fsp3) is 0.600. The van der Waals surface area contributed by atoms with Crippen LogP contribution in [0.1, 0.15) is 49.0 Å². The summed E-state index contributed by atoms with van der Waals surface area (Å²) in [5, 5.41) is 6.23. The van der Waals surface area contributed by atoms with Crippen LogP contribution in [0.2, 0.25) is 0 Å². The van der Waals surface area contributed by atoms with Gasteiger partial charge in [0.1, 0.15) is 0 Å². The molecule has 0 saturated carbocycles. The van der Waals surface area contributed by atoms with E-state index in [1.54, 1.807) is 0 Å². The second kappa shape index (κ2) is 7.56. The SMILES string of the molecule is Cc1cc(C(=O)N2CCCCC2C)ccc1NC(=O)C(C)C1CNC1. The van der Waals surface area contributed by atoms with Crippen LogP contribution in [0.5, 0.6) is 0 Å². The van der Waals surface area contributed by atoms with E-state index in [9.17, 15) is 9.59 Å². The van der Waals surface area contributed by atoms with Crippen LogP contribution in [0, 0.1) is 18.8 Å². The molecule has 0 spiro atoms. The molecule has 25 heavy (non-hydrogen) atoms. The summed E-state index contributed by atoms with van der Waals surface area (Å²) in [5.74, 6) is 0.568. The Morgan fingerprint density at radius 3 is 2.64 bits per heavy atom. The highest BCUT2D eigenvalue weighted by atomic mass is 16.2. The summed E-state index contributed by atoms with van der Waals surface area (Å²) in [7, 11) is 0. The molecule has 0 radical (unpaired) electrons. The van der Waals surface area contributed by atoms with E-state index in [1.165, 1.54) is 6.42 Å². The van der Waals surface area contributed by atoms with Crippen molar-refractivity contribution < 1.29 is 9.59 Å². The summed E-state index contributed by atoms with van der Waals surface area (Å²) < 4.78 is 0. The minimum Gasteiger partial charge on any atom is -0.336 e. The van der Waals surface area contributed by atoms with Crippen molar-refractivity contribution in [1.29, 1.82) is 0 Å². The van der Waals surface area contributed by atoms with Crippen molar-refractivity contribution in [3.63, 3.8) is 0 Å². The molecule has 2 heterocycles. The van der Waals surface area contributed by atoms with Crippen LogP contribution in [0.3, 0.4) is 0 Å². The molecule has 0 aliphatic carbocycles. The van der Waals surface area contributed by atoms with Crippen molar-refractivity contribution in [3.8, 4) is 0 Å². The van der Waals surface area contributed by atoms with E-state index < -0.39 is 0 Å². The Labute approximate surface area is 150 Å². The van der Waals surface area contributed by atoms with Gasteiger partial charge in [0, 0.05) is 29.8 Å². The van der Waals surface area contributed by atoms with Gasteiger partial charge in [0.2, 0.25) is 5.91 Å². The molecule has 136 valence electrons. The third kappa shape index (κ3) is 3.87. The fourth-order valence-electron chi connectivity index (χ4n) is 3.63. The lowest BCUT2D eigenvalue weighted by Crippen LogP contribution is -2.48. The van der Waals surface area contributed by atoms with Crippen molar-refractivity contribution in [2.45, 2.75) is 46.1 Å². The summed E-state index contributed by atoms with van der Waals surface area (Å²) in [4.78, 5) is 27.1. The van der Waals surface area contributed by atoms with E-state index in [0.29, 0.717) is 17.5 Å². The number of carbonyl (C=O) groups is 2. The first-order valence-corrected chi connectivity index (χ1v) is 9.40. The number of carbonyl (C=O) groups excluding carboxylic acids is 2. The highest BCUT2D eigenvalue weighted by Gasteiger charge is 2.29. The van der Waals surface area contributed by atoms with Gasteiger partial charge in [0.15, 0.2) is 0 Å². The highest BCUT2D eigenvalue weighted by Crippen LogP contribution is 2.24. The molecule has 2 amide bonds. The van der Waals surface area contributed by atoms with Crippen LogP contribution < -0.4 is 10.6 Å². The molecule has 1 aromatic rings. The molecule has 2 aliphatic rings. The van der Waals surface area contributed by atoms with Crippen molar-refractivity contribution >= 4 is 17.5 Å². The molecule has 1 aromatic carbocycles. The second-order valence-corrected chi connectivity index (χ2v) is 7.57. The number of anilines is 1. The van der Waals surface area contributed by atoms with Gasteiger partial charge in [-0.1, -0.05) is 6.92 Å². The van der Waals surface area contributed by atoms with Crippen LogP contribution in [0.4, 0.5) is 5.69 Å². The molecule has 2 aliphatic heterocycles. The van der Waals surface area contributed by atoms with Crippen LogP contribution in [-0.2, 0) is 4.79 Å². The molecule has 0 aromatic heterocycles. The number of nitrogens with one attached hydrogen (secondary N) is 2. The Morgan fingerprint density at radius 2 is 2.04 bits per heavy atom. The van der Waals surface area contributed by atoms with Crippen LogP contribution in [0.15, 0.2) is 18.2 Å². The highest BCUT2D eigenvalue weighted by molar-refractivity contribution is 5.97. The van der Waals surface area contributed by atoms with Crippen LogP contribution in [0.25, 0.3) is 0 Å². The number of amides is 2. The van der Waals surface area contributed by atoms with Crippen molar-refractivity contribution in [2.75, 3.05) is 25.0 Å². The molecule has 3 rings (SSSR count). The monoisotopic (exact) mass is 343 g/mol. The first-order valence-electron chi connectivity index (χ1n) is 9.40. The zero-order chi connectivity index (χ0) is 18.0. The largest absolute Gasteiger partial charge is 0.336 e. The molecule has 2 unspecified atom stereocenters. The number of hydrogen-bond acceptors (Lipinski definition) is 3. The van der Waals surface area contributed by atoms with E-state index in [1.807, 2.05) is 36.9 Å². The number of aryl methyl sites for hydroxylation is 1. The molecular weight excluding hydrogens is 314 g/mol. The van der Waals surface area contributed by atoms with E-state index in [4.69, 9.17) is 0 Å². The quantitative estimate of drug-likeness (QED) is 0.884. The summed E-state index contributed by atoms with van der Waals surface area (Å²) in [6.45, 7) is 8.71. The molecule has 5 nitrogen and oxygen atoms in total. The summed E-state index contributed by atoms with van der Waals surface area (Å²) in [5.41, 5.74) is 2.44. The zero-order valence-electron chi connectivity index (χ0n) is 15.5. The van der Waals surface area contributed by atoms with Crippen LogP contribution in [-0.4, -0.2) is 42.4 Å². The van der Waals surface area contributed by atoms with Gasteiger partial charge in [-0.3, -0.25) is 9.59 Å². The van der Waals surface area contributed by atoms with E-state index in [-0.39, 0.29) is 17.7 Å². The number of rotatable bonds is 4.